The molecule has 1 aliphatic rings. The molecular weight excluding hydrogens is 767 g/mol. The first kappa shape index (κ1) is 35.5. The molecule has 1 aliphatic carbocycles. The molecule has 0 spiro atoms. The van der Waals surface area contributed by atoms with Crippen LogP contribution >= 0.6 is 0 Å². The number of fused-ring (bicyclic) bond motifs is 10. The predicted octanol–water partition coefficient (Wildman–Crippen LogP) is 14.7. The molecule has 0 amide bonds. The smallest absolute Gasteiger partial charge is 0.160 e. The quantitative estimate of drug-likeness (QED) is 0.168. The Labute approximate surface area is 363 Å². The lowest BCUT2D eigenvalue weighted by Crippen LogP contribution is -2.08. The van der Waals surface area contributed by atoms with Gasteiger partial charge in [0.15, 0.2) is 5.82 Å². The van der Waals surface area contributed by atoms with Gasteiger partial charge < -0.3 is 13.7 Å². The van der Waals surface area contributed by atoms with E-state index in [2.05, 4.69) is 208 Å². The summed E-state index contributed by atoms with van der Waals surface area (Å²) in [5.74, 6) is 0.728. The third kappa shape index (κ3) is 5.56. The Morgan fingerprint density at radius 3 is 1.56 bits per heavy atom. The largest absolute Gasteiger partial charge is 0.333 e. The summed E-state index contributed by atoms with van der Waals surface area (Å²) in [5, 5.41) is 7.45. The van der Waals surface area contributed by atoms with E-state index < -0.39 is 0 Å². The molecule has 13 rings (SSSR count). The Balaban J connectivity index is 1.02. The van der Waals surface area contributed by atoms with Crippen LogP contribution in [0, 0.1) is 0 Å². The van der Waals surface area contributed by atoms with Crippen LogP contribution in [0.5, 0.6) is 0 Å². The van der Waals surface area contributed by atoms with Gasteiger partial charge in [-0.25, -0.2) is 9.97 Å². The summed E-state index contributed by atoms with van der Waals surface area (Å²) in [6, 6.07) is 71.9. The number of para-hydroxylation sites is 4. The van der Waals surface area contributed by atoms with E-state index in [4.69, 9.17) is 9.97 Å². The molecule has 0 bridgehead atoms. The van der Waals surface area contributed by atoms with Gasteiger partial charge in [0.25, 0.3) is 0 Å². The lowest BCUT2D eigenvalue weighted by molar-refractivity contribution is 0.649. The second-order valence-corrected chi connectivity index (χ2v) is 16.5. The molecule has 0 fully saturated rings. The van der Waals surface area contributed by atoms with Gasteiger partial charge in [-0.3, -0.25) is 0 Å². The standard InChI is InChI=1S/C58H39N5/c1-5-17-38(18-6-1)50-37-51(60-58(59-50)40-19-7-2-8-20-40)39-29-31-43(32-30-39)61-52-27-15-14-26-45(52)48-35-55-49(36-54(48)61)47-34-33-46-44-25-13-16-28-53(44)62(41-21-9-3-10-22-41)56(46)57(47)63(55)42-23-11-4-12-24-42/h1-31,33-37,43H,32H2. The highest BCUT2D eigenvalue weighted by Crippen LogP contribution is 2.45. The first-order chi connectivity index (χ1) is 31.3. The number of rotatable bonds is 6. The highest BCUT2D eigenvalue weighted by Gasteiger charge is 2.25. The van der Waals surface area contributed by atoms with E-state index >= 15 is 0 Å². The Morgan fingerprint density at radius 1 is 0.397 bits per heavy atom. The minimum Gasteiger partial charge on any atom is -0.333 e. The van der Waals surface area contributed by atoms with Crippen LogP contribution < -0.4 is 0 Å². The van der Waals surface area contributed by atoms with Crippen LogP contribution in [0.25, 0.3) is 105 Å². The molecule has 8 aromatic carbocycles. The molecule has 1 unspecified atom stereocenters. The second kappa shape index (κ2) is 14.2. The molecule has 296 valence electrons. The zero-order valence-electron chi connectivity index (χ0n) is 34.3. The molecule has 4 aromatic heterocycles. The van der Waals surface area contributed by atoms with Crippen LogP contribution in [0.3, 0.4) is 0 Å². The highest BCUT2D eigenvalue weighted by molar-refractivity contribution is 6.26. The van der Waals surface area contributed by atoms with Crippen molar-refractivity contribution in [1.82, 2.24) is 23.7 Å². The normalized spacial score (nSPS) is 14.2. The third-order valence-electron chi connectivity index (χ3n) is 13.0. The predicted molar refractivity (Wildman–Crippen MR) is 262 cm³/mol. The van der Waals surface area contributed by atoms with Gasteiger partial charge in [-0.05, 0) is 66.6 Å². The van der Waals surface area contributed by atoms with Gasteiger partial charge in [0, 0.05) is 60.3 Å². The summed E-state index contributed by atoms with van der Waals surface area (Å²) < 4.78 is 7.52. The van der Waals surface area contributed by atoms with Crippen molar-refractivity contribution in [3.8, 4) is 34.0 Å². The molecule has 5 heteroatoms. The van der Waals surface area contributed by atoms with E-state index in [1.165, 1.54) is 65.4 Å². The second-order valence-electron chi connectivity index (χ2n) is 16.5. The Kier molecular flexibility index (Phi) is 7.97. The molecule has 0 saturated heterocycles. The van der Waals surface area contributed by atoms with Crippen molar-refractivity contribution < 1.29 is 0 Å². The Hall–Kier alpha value is -8.28. The van der Waals surface area contributed by atoms with Crippen molar-refractivity contribution in [1.29, 1.82) is 0 Å². The SMILES string of the molecule is C1=CC(n2c3ccccc3c3cc4c(cc32)c2ccc3c5ccccc5n(-c5ccccc5)c3c2n4-c2ccccc2)CC=C1c1cc(-c2ccccc2)nc(-c2ccccc2)n1. The lowest BCUT2D eigenvalue weighted by Gasteiger charge is -2.21. The molecule has 1 atom stereocenters. The number of benzene rings is 8. The minimum absolute atomic E-state index is 0.104. The number of nitrogens with zero attached hydrogens (tertiary/aromatic N) is 5. The molecule has 0 saturated carbocycles. The zero-order chi connectivity index (χ0) is 41.4. The van der Waals surface area contributed by atoms with Crippen molar-refractivity contribution in [2.24, 2.45) is 0 Å². The van der Waals surface area contributed by atoms with Crippen molar-refractivity contribution in [2.75, 3.05) is 0 Å². The van der Waals surface area contributed by atoms with Gasteiger partial charge in [-0.15, -0.1) is 0 Å². The van der Waals surface area contributed by atoms with Gasteiger partial charge in [-0.2, -0.15) is 0 Å². The van der Waals surface area contributed by atoms with Crippen LogP contribution in [0.15, 0.2) is 218 Å². The third-order valence-corrected chi connectivity index (χ3v) is 13.0. The lowest BCUT2D eigenvalue weighted by atomic mass is 9.98. The van der Waals surface area contributed by atoms with Crippen molar-refractivity contribution in [3.63, 3.8) is 0 Å². The van der Waals surface area contributed by atoms with Crippen molar-refractivity contribution in [2.45, 2.75) is 12.5 Å². The summed E-state index contributed by atoms with van der Waals surface area (Å²) in [6.07, 6.45) is 7.81. The maximum absolute atomic E-state index is 5.15. The van der Waals surface area contributed by atoms with Gasteiger partial charge in [-0.1, -0.05) is 164 Å². The summed E-state index contributed by atoms with van der Waals surface area (Å²) in [7, 11) is 0. The Morgan fingerprint density at radius 2 is 0.905 bits per heavy atom. The summed E-state index contributed by atoms with van der Waals surface area (Å²) in [5.41, 5.74) is 14.6. The zero-order valence-corrected chi connectivity index (χ0v) is 34.3. The number of allylic oxidation sites excluding steroid dienone is 4. The number of hydrogen-bond donors (Lipinski definition) is 0. The molecule has 12 aromatic rings. The van der Waals surface area contributed by atoms with E-state index in [9.17, 15) is 0 Å². The van der Waals surface area contributed by atoms with Crippen molar-refractivity contribution in [3.05, 3.63) is 224 Å². The van der Waals surface area contributed by atoms with Crippen molar-refractivity contribution >= 4 is 71.0 Å². The fourth-order valence-electron chi connectivity index (χ4n) is 10.1. The van der Waals surface area contributed by atoms with Crippen LogP contribution in [0.4, 0.5) is 0 Å². The molecular formula is C58H39N5. The molecule has 0 aliphatic heterocycles. The van der Waals surface area contributed by atoms with Crippen LogP contribution in [0.1, 0.15) is 18.2 Å². The average molecular weight is 806 g/mol. The first-order valence-electron chi connectivity index (χ1n) is 21.7. The highest BCUT2D eigenvalue weighted by atomic mass is 15.1. The fraction of sp³-hybridized carbons (Fsp3) is 0.0345. The summed E-state index contributed by atoms with van der Waals surface area (Å²) in [4.78, 5) is 10.2. The summed E-state index contributed by atoms with van der Waals surface area (Å²) >= 11 is 0. The topological polar surface area (TPSA) is 40.6 Å². The summed E-state index contributed by atoms with van der Waals surface area (Å²) in [6.45, 7) is 0. The Bertz CT molecular complexity index is 3740. The first-order valence-corrected chi connectivity index (χ1v) is 21.7. The van der Waals surface area contributed by atoms with Gasteiger partial charge in [0.05, 0.1) is 45.0 Å². The van der Waals surface area contributed by atoms with Crippen LogP contribution in [0.2, 0.25) is 0 Å². The molecule has 0 N–H and O–H groups in total. The maximum Gasteiger partial charge on any atom is 0.160 e. The van der Waals surface area contributed by atoms with Crippen LogP contribution in [-0.2, 0) is 0 Å². The number of hydrogen-bond acceptors (Lipinski definition) is 2. The van der Waals surface area contributed by atoms with E-state index in [-0.39, 0.29) is 6.04 Å². The van der Waals surface area contributed by atoms with E-state index in [1.54, 1.807) is 0 Å². The minimum atomic E-state index is 0.104. The monoisotopic (exact) mass is 805 g/mol. The van der Waals surface area contributed by atoms with Gasteiger partial charge in [0.1, 0.15) is 0 Å². The van der Waals surface area contributed by atoms with Gasteiger partial charge in [0.2, 0.25) is 0 Å². The average Bonchev–Trinajstić information content (AvgIpc) is 3.99. The fourth-order valence-corrected chi connectivity index (χ4v) is 10.1. The van der Waals surface area contributed by atoms with E-state index in [0.29, 0.717) is 0 Å². The number of aromatic nitrogens is 5. The molecule has 5 nitrogen and oxygen atoms in total. The molecule has 63 heavy (non-hydrogen) atoms. The van der Waals surface area contributed by atoms with E-state index in [0.717, 1.165) is 51.7 Å². The van der Waals surface area contributed by atoms with Gasteiger partial charge >= 0.3 is 0 Å². The molecule has 0 radical (unpaired) electrons. The van der Waals surface area contributed by atoms with E-state index in [1.807, 2.05) is 24.3 Å². The van der Waals surface area contributed by atoms with Crippen LogP contribution in [-0.4, -0.2) is 23.7 Å². The molecule has 4 heterocycles. The maximum atomic E-state index is 5.15.